The van der Waals surface area contributed by atoms with Crippen LogP contribution in [0.25, 0.3) is 0 Å². The van der Waals surface area contributed by atoms with Gasteiger partial charge in [0, 0.05) is 24.5 Å². The number of nitro groups is 1. The average molecular weight is 311 g/mol. The summed E-state index contributed by atoms with van der Waals surface area (Å²) in [6.45, 7) is 1.99. The molecule has 1 aromatic heterocycles. The molecule has 0 amide bonds. The van der Waals surface area contributed by atoms with Gasteiger partial charge in [-0.05, 0) is 13.0 Å². The molecule has 8 nitrogen and oxygen atoms in total. The summed E-state index contributed by atoms with van der Waals surface area (Å²) in [6.07, 6.45) is 0.996. The normalized spacial score (nSPS) is 11.3. The molecule has 0 spiro atoms. The van der Waals surface area contributed by atoms with Gasteiger partial charge in [0.05, 0.1) is 27.7 Å². The first-order chi connectivity index (χ1) is 9.77. The van der Waals surface area contributed by atoms with Gasteiger partial charge in [-0.1, -0.05) is 5.16 Å². The molecule has 0 unspecified atom stereocenters. The maximum Gasteiger partial charge on any atom is 0.270 e. The summed E-state index contributed by atoms with van der Waals surface area (Å²) < 4.78 is 28.5. The van der Waals surface area contributed by atoms with Gasteiger partial charge in [0.15, 0.2) is 15.6 Å². The van der Waals surface area contributed by atoms with Crippen LogP contribution < -0.4 is 5.32 Å². The number of nitrogens with zero attached hydrogens (tertiary/aromatic N) is 2. The first-order valence-electron chi connectivity index (χ1n) is 5.92. The van der Waals surface area contributed by atoms with E-state index in [0.717, 1.165) is 12.3 Å². The number of aryl methyl sites for hydroxylation is 1. The van der Waals surface area contributed by atoms with Crippen LogP contribution in [0.5, 0.6) is 0 Å². The molecule has 9 heteroatoms. The van der Waals surface area contributed by atoms with E-state index in [4.69, 9.17) is 4.52 Å². The van der Waals surface area contributed by atoms with Crippen LogP contribution in [-0.2, 0) is 16.4 Å². The second-order valence-electron chi connectivity index (χ2n) is 4.50. The van der Waals surface area contributed by atoms with Crippen molar-refractivity contribution in [1.29, 1.82) is 0 Å². The summed E-state index contributed by atoms with van der Waals surface area (Å²) in [5, 5.41) is 17.3. The summed E-state index contributed by atoms with van der Waals surface area (Å²) in [6, 6.07) is 5.34. The Bertz CT molecular complexity index is 782. The van der Waals surface area contributed by atoms with Crippen molar-refractivity contribution in [1.82, 2.24) is 5.16 Å². The van der Waals surface area contributed by atoms with E-state index in [1.807, 2.05) is 0 Å². The zero-order chi connectivity index (χ0) is 15.6. The lowest BCUT2D eigenvalue weighted by atomic mass is 10.2. The van der Waals surface area contributed by atoms with Gasteiger partial charge < -0.3 is 9.84 Å². The molecule has 1 aromatic carbocycles. The Hall–Kier alpha value is -2.42. The predicted octanol–water partition coefficient (Wildman–Crippen LogP) is 1.91. The predicted molar refractivity (Wildman–Crippen MR) is 74.8 cm³/mol. The molecule has 0 atom stereocenters. The summed E-state index contributed by atoms with van der Waals surface area (Å²) in [5.74, 6) is 0.533. The van der Waals surface area contributed by atoms with Crippen molar-refractivity contribution in [2.45, 2.75) is 18.4 Å². The van der Waals surface area contributed by atoms with E-state index in [1.54, 1.807) is 13.0 Å². The van der Waals surface area contributed by atoms with Crippen molar-refractivity contribution in [3.05, 3.63) is 45.8 Å². The molecular formula is C12H13N3O5S. The number of nitro benzene ring substituents is 1. The van der Waals surface area contributed by atoms with Gasteiger partial charge in [0.2, 0.25) is 0 Å². The number of anilines is 1. The van der Waals surface area contributed by atoms with Crippen LogP contribution in [-0.4, -0.2) is 24.8 Å². The van der Waals surface area contributed by atoms with Crippen LogP contribution in [0.15, 0.2) is 33.7 Å². The van der Waals surface area contributed by atoms with Gasteiger partial charge in [-0.15, -0.1) is 0 Å². The number of sulfone groups is 1. The van der Waals surface area contributed by atoms with Crippen molar-refractivity contribution in [2.75, 3.05) is 11.6 Å². The Kier molecular flexibility index (Phi) is 3.94. The molecule has 0 aliphatic heterocycles. The van der Waals surface area contributed by atoms with E-state index >= 15 is 0 Å². The Balaban J connectivity index is 2.32. The largest absolute Gasteiger partial charge is 0.377 e. The second kappa shape index (κ2) is 5.52. The highest BCUT2D eigenvalue weighted by Gasteiger charge is 2.18. The SMILES string of the molecule is Cc1cc(CNc2ccc([N+](=O)[O-])cc2S(C)(=O)=O)on1. The zero-order valence-corrected chi connectivity index (χ0v) is 12.2. The molecule has 1 heterocycles. The fourth-order valence-corrected chi connectivity index (χ4v) is 2.63. The lowest BCUT2D eigenvalue weighted by Gasteiger charge is -2.09. The van der Waals surface area contributed by atoms with E-state index in [-0.39, 0.29) is 22.8 Å². The molecule has 0 radical (unpaired) electrons. The molecule has 0 fully saturated rings. The number of hydrogen-bond acceptors (Lipinski definition) is 7. The standard InChI is InChI=1S/C12H13N3O5S/c1-8-5-10(20-14-8)7-13-11-4-3-9(15(16)17)6-12(11)21(2,18)19/h3-6,13H,7H2,1-2H3. The summed E-state index contributed by atoms with van der Waals surface area (Å²) in [7, 11) is -3.60. The van der Waals surface area contributed by atoms with Gasteiger partial charge in [-0.25, -0.2) is 8.42 Å². The maximum absolute atomic E-state index is 11.7. The van der Waals surface area contributed by atoms with Gasteiger partial charge in [0.25, 0.3) is 5.69 Å². The molecule has 2 aromatic rings. The summed E-state index contributed by atoms with van der Waals surface area (Å²) >= 11 is 0. The minimum Gasteiger partial charge on any atom is -0.377 e. The fourth-order valence-electron chi connectivity index (χ4n) is 1.76. The Morgan fingerprint density at radius 3 is 2.62 bits per heavy atom. The van der Waals surface area contributed by atoms with Crippen molar-refractivity contribution >= 4 is 21.2 Å². The van der Waals surface area contributed by atoms with Crippen LogP contribution in [0.4, 0.5) is 11.4 Å². The number of benzene rings is 1. The van der Waals surface area contributed by atoms with Gasteiger partial charge >= 0.3 is 0 Å². The summed E-state index contributed by atoms with van der Waals surface area (Å²) in [5.41, 5.74) is 0.701. The Morgan fingerprint density at radius 2 is 2.10 bits per heavy atom. The molecule has 0 saturated heterocycles. The van der Waals surface area contributed by atoms with Gasteiger partial charge in [-0.3, -0.25) is 10.1 Å². The average Bonchev–Trinajstić information content (AvgIpc) is 2.81. The fraction of sp³-hybridized carbons (Fsp3) is 0.250. The van der Waals surface area contributed by atoms with Crippen LogP contribution >= 0.6 is 0 Å². The molecule has 112 valence electrons. The minimum atomic E-state index is -3.60. The number of rotatable bonds is 5. The van der Waals surface area contributed by atoms with Crippen molar-refractivity contribution in [2.24, 2.45) is 0 Å². The molecule has 21 heavy (non-hydrogen) atoms. The number of non-ortho nitro benzene ring substituents is 1. The molecule has 0 bridgehead atoms. The Labute approximate surface area is 120 Å². The van der Waals surface area contributed by atoms with Crippen molar-refractivity contribution < 1.29 is 17.9 Å². The second-order valence-corrected chi connectivity index (χ2v) is 6.48. The smallest absolute Gasteiger partial charge is 0.270 e. The van der Waals surface area contributed by atoms with Crippen LogP contribution in [0.3, 0.4) is 0 Å². The lowest BCUT2D eigenvalue weighted by molar-refractivity contribution is -0.385. The number of nitrogens with one attached hydrogen (secondary N) is 1. The highest BCUT2D eigenvalue weighted by molar-refractivity contribution is 7.90. The van der Waals surface area contributed by atoms with E-state index in [2.05, 4.69) is 10.5 Å². The van der Waals surface area contributed by atoms with Gasteiger partial charge in [0.1, 0.15) is 0 Å². The van der Waals surface area contributed by atoms with Crippen LogP contribution in [0, 0.1) is 17.0 Å². The van der Waals surface area contributed by atoms with Crippen molar-refractivity contribution in [3.63, 3.8) is 0 Å². The first kappa shape index (κ1) is 15.0. The molecule has 0 saturated carbocycles. The van der Waals surface area contributed by atoms with E-state index in [0.29, 0.717) is 11.5 Å². The highest BCUT2D eigenvalue weighted by Crippen LogP contribution is 2.26. The third kappa shape index (κ3) is 3.57. The topological polar surface area (TPSA) is 115 Å². The lowest BCUT2D eigenvalue weighted by Crippen LogP contribution is -2.06. The number of aromatic nitrogens is 1. The van der Waals surface area contributed by atoms with E-state index < -0.39 is 14.8 Å². The molecule has 2 rings (SSSR count). The third-order valence-electron chi connectivity index (χ3n) is 2.71. The quantitative estimate of drug-likeness (QED) is 0.662. The minimum absolute atomic E-state index is 0.132. The Morgan fingerprint density at radius 1 is 1.38 bits per heavy atom. The van der Waals surface area contributed by atoms with E-state index in [9.17, 15) is 18.5 Å². The highest BCUT2D eigenvalue weighted by atomic mass is 32.2. The molecule has 0 aliphatic rings. The monoisotopic (exact) mass is 311 g/mol. The van der Waals surface area contributed by atoms with Crippen LogP contribution in [0.1, 0.15) is 11.5 Å². The zero-order valence-electron chi connectivity index (χ0n) is 11.4. The molecular weight excluding hydrogens is 298 g/mol. The van der Waals surface area contributed by atoms with E-state index in [1.165, 1.54) is 12.1 Å². The maximum atomic E-state index is 11.7. The van der Waals surface area contributed by atoms with Crippen molar-refractivity contribution in [3.8, 4) is 0 Å². The summed E-state index contributed by atoms with van der Waals surface area (Å²) in [4.78, 5) is 9.97. The number of hydrogen-bond donors (Lipinski definition) is 1. The molecule has 1 N–H and O–H groups in total. The molecule has 0 aliphatic carbocycles. The third-order valence-corrected chi connectivity index (χ3v) is 3.84. The first-order valence-corrected chi connectivity index (χ1v) is 7.81. The van der Waals surface area contributed by atoms with Gasteiger partial charge in [-0.2, -0.15) is 0 Å². The van der Waals surface area contributed by atoms with Crippen LogP contribution in [0.2, 0.25) is 0 Å².